The van der Waals surface area contributed by atoms with Gasteiger partial charge in [0.15, 0.2) is 11.5 Å². The summed E-state index contributed by atoms with van der Waals surface area (Å²) < 4.78 is 21.5. The SMILES string of the molecule is COc1ccc([C@@H]2CCCN2C(=O)c2ccc3c(c2)OCO3)c(OC)c1. The van der Waals surface area contributed by atoms with Crippen molar-refractivity contribution in [1.82, 2.24) is 4.90 Å². The Balaban J connectivity index is 1.63. The Morgan fingerprint density at radius 1 is 1.08 bits per heavy atom. The fraction of sp³-hybridized carbons (Fsp3) is 0.350. The van der Waals surface area contributed by atoms with Gasteiger partial charge in [0.2, 0.25) is 6.79 Å². The minimum Gasteiger partial charge on any atom is -0.497 e. The molecule has 6 heteroatoms. The lowest BCUT2D eigenvalue weighted by Crippen LogP contribution is -2.30. The molecule has 1 amide bonds. The second-order valence-corrected chi connectivity index (χ2v) is 6.33. The Kier molecular flexibility index (Phi) is 4.32. The highest BCUT2D eigenvalue weighted by Crippen LogP contribution is 2.40. The molecule has 0 saturated carbocycles. The van der Waals surface area contributed by atoms with Gasteiger partial charge in [-0.2, -0.15) is 0 Å². The Morgan fingerprint density at radius 3 is 2.73 bits per heavy atom. The summed E-state index contributed by atoms with van der Waals surface area (Å²) in [5.41, 5.74) is 1.61. The van der Waals surface area contributed by atoms with Crippen LogP contribution < -0.4 is 18.9 Å². The molecule has 2 aromatic carbocycles. The van der Waals surface area contributed by atoms with Gasteiger partial charge in [-0.05, 0) is 43.2 Å². The number of amides is 1. The molecule has 1 fully saturated rings. The molecular weight excluding hydrogens is 334 g/mol. The number of benzene rings is 2. The lowest BCUT2D eigenvalue weighted by atomic mass is 10.0. The third kappa shape index (κ3) is 2.81. The molecule has 1 saturated heterocycles. The van der Waals surface area contributed by atoms with Crippen molar-refractivity contribution in [3.63, 3.8) is 0 Å². The van der Waals surface area contributed by atoms with Crippen LogP contribution in [0.2, 0.25) is 0 Å². The van der Waals surface area contributed by atoms with Gasteiger partial charge in [0, 0.05) is 23.7 Å². The molecule has 4 rings (SSSR count). The first-order valence-corrected chi connectivity index (χ1v) is 8.64. The maximum Gasteiger partial charge on any atom is 0.254 e. The molecule has 2 aromatic rings. The third-order valence-corrected chi connectivity index (χ3v) is 4.93. The monoisotopic (exact) mass is 355 g/mol. The van der Waals surface area contributed by atoms with Crippen molar-refractivity contribution in [3.05, 3.63) is 47.5 Å². The molecular formula is C20H21NO5. The Morgan fingerprint density at radius 2 is 1.92 bits per heavy atom. The first-order chi connectivity index (χ1) is 12.7. The van der Waals surface area contributed by atoms with Crippen LogP contribution in [-0.4, -0.2) is 38.4 Å². The number of carbonyl (C=O) groups excluding carboxylic acids is 1. The fourth-order valence-electron chi connectivity index (χ4n) is 3.62. The van der Waals surface area contributed by atoms with E-state index in [0.717, 1.165) is 29.9 Å². The number of methoxy groups -OCH3 is 2. The molecule has 26 heavy (non-hydrogen) atoms. The van der Waals surface area contributed by atoms with Crippen LogP contribution in [-0.2, 0) is 0 Å². The molecule has 0 bridgehead atoms. The zero-order valence-corrected chi connectivity index (χ0v) is 14.9. The Bertz CT molecular complexity index is 835. The molecule has 0 N–H and O–H groups in total. The van der Waals surface area contributed by atoms with Crippen molar-refractivity contribution >= 4 is 5.91 Å². The van der Waals surface area contributed by atoms with E-state index < -0.39 is 0 Å². The zero-order valence-electron chi connectivity index (χ0n) is 14.9. The number of fused-ring (bicyclic) bond motifs is 1. The molecule has 0 aromatic heterocycles. The van der Waals surface area contributed by atoms with Gasteiger partial charge in [-0.25, -0.2) is 0 Å². The van der Waals surface area contributed by atoms with Crippen molar-refractivity contribution in [2.24, 2.45) is 0 Å². The van der Waals surface area contributed by atoms with E-state index in [9.17, 15) is 4.79 Å². The van der Waals surface area contributed by atoms with Crippen molar-refractivity contribution in [1.29, 1.82) is 0 Å². The van der Waals surface area contributed by atoms with E-state index in [4.69, 9.17) is 18.9 Å². The van der Waals surface area contributed by atoms with Gasteiger partial charge >= 0.3 is 0 Å². The summed E-state index contributed by atoms with van der Waals surface area (Å²) in [4.78, 5) is 15.0. The molecule has 1 atom stereocenters. The average Bonchev–Trinajstić information content (AvgIpc) is 3.35. The summed E-state index contributed by atoms with van der Waals surface area (Å²) >= 11 is 0. The Hall–Kier alpha value is -2.89. The largest absolute Gasteiger partial charge is 0.497 e. The van der Waals surface area contributed by atoms with E-state index in [1.807, 2.05) is 23.1 Å². The highest BCUT2D eigenvalue weighted by Gasteiger charge is 2.33. The van der Waals surface area contributed by atoms with Crippen LogP contribution in [0.15, 0.2) is 36.4 Å². The first kappa shape index (κ1) is 16.6. The number of ether oxygens (including phenoxy) is 4. The molecule has 2 heterocycles. The van der Waals surface area contributed by atoms with Crippen molar-refractivity contribution in [3.8, 4) is 23.0 Å². The normalized spacial score (nSPS) is 18.1. The molecule has 0 unspecified atom stereocenters. The van der Waals surface area contributed by atoms with E-state index in [-0.39, 0.29) is 18.7 Å². The average molecular weight is 355 g/mol. The predicted molar refractivity (Wildman–Crippen MR) is 95.1 cm³/mol. The van der Waals surface area contributed by atoms with Gasteiger partial charge in [-0.3, -0.25) is 4.79 Å². The zero-order chi connectivity index (χ0) is 18.1. The molecule has 6 nitrogen and oxygen atoms in total. The lowest BCUT2D eigenvalue weighted by molar-refractivity contribution is 0.0733. The van der Waals surface area contributed by atoms with Gasteiger partial charge in [0.1, 0.15) is 11.5 Å². The second kappa shape index (κ2) is 6.78. The van der Waals surface area contributed by atoms with E-state index in [0.29, 0.717) is 23.6 Å². The maximum atomic E-state index is 13.1. The highest BCUT2D eigenvalue weighted by molar-refractivity contribution is 5.95. The fourth-order valence-corrected chi connectivity index (χ4v) is 3.62. The first-order valence-electron chi connectivity index (χ1n) is 8.64. The minimum atomic E-state index is -0.0196. The maximum absolute atomic E-state index is 13.1. The Labute approximate surface area is 152 Å². The summed E-state index contributed by atoms with van der Waals surface area (Å²) in [6.07, 6.45) is 1.86. The molecule has 0 radical (unpaired) electrons. The summed E-state index contributed by atoms with van der Waals surface area (Å²) in [6, 6.07) is 11.1. The van der Waals surface area contributed by atoms with Gasteiger partial charge < -0.3 is 23.8 Å². The van der Waals surface area contributed by atoms with E-state index in [2.05, 4.69) is 0 Å². The number of nitrogens with zero attached hydrogens (tertiary/aromatic N) is 1. The van der Waals surface area contributed by atoms with Gasteiger partial charge in [0.25, 0.3) is 5.91 Å². The lowest BCUT2D eigenvalue weighted by Gasteiger charge is -2.26. The van der Waals surface area contributed by atoms with Crippen LogP contribution in [0.1, 0.15) is 34.8 Å². The van der Waals surface area contributed by atoms with Crippen molar-refractivity contribution in [2.75, 3.05) is 27.6 Å². The number of rotatable bonds is 4. The van der Waals surface area contributed by atoms with E-state index >= 15 is 0 Å². The van der Waals surface area contributed by atoms with Gasteiger partial charge in [-0.15, -0.1) is 0 Å². The van der Waals surface area contributed by atoms with E-state index in [1.165, 1.54) is 0 Å². The van der Waals surface area contributed by atoms with Crippen molar-refractivity contribution < 1.29 is 23.7 Å². The topological polar surface area (TPSA) is 57.2 Å². The third-order valence-electron chi connectivity index (χ3n) is 4.93. The minimum absolute atomic E-state index is 0.0105. The standard InChI is InChI=1S/C20H21NO5/c1-23-14-6-7-15(18(11-14)24-2)16-4-3-9-21(16)20(22)13-5-8-17-19(10-13)26-12-25-17/h5-8,10-11,16H,3-4,9,12H2,1-2H3/t16-/m0/s1. The molecule has 2 aliphatic rings. The van der Waals surface area contributed by atoms with Gasteiger partial charge in [-0.1, -0.05) is 0 Å². The summed E-state index contributed by atoms with van der Waals surface area (Å²) in [5.74, 6) is 2.76. The molecule has 2 aliphatic heterocycles. The number of hydrogen-bond acceptors (Lipinski definition) is 5. The highest BCUT2D eigenvalue weighted by atomic mass is 16.7. The second-order valence-electron chi connectivity index (χ2n) is 6.33. The quantitative estimate of drug-likeness (QED) is 0.841. The molecule has 136 valence electrons. The van der Waals surface area contributed by atoms with Gasteiger partial charge in [0.05, 0.1) is 20.3 Å². The summed E-state index contributed by atoms with van der Waals surface area (Å²) in [6.45, 7) is 0.912. The van der Waals surface area contributed by atoms with Crippen LogP contribution in [0.5, 0.6) is 23.0 Å². The van der Waals surface area contributed by atoms with E-state index in [1.54, 1.807) is 32.4 Å². The van der Waals surface area contributed by atoms with Crippen LogP contribution >= 0.6 is 0 Å². The summed E-state index contributed by atoms with van der Waals surface area (Å²) in [7, 11) is 3.26. The predicted octanol–water partition coefficient (Wildman–Crippen LogP) is 3.41. The van der Waals surface area contributed by atoms with Crippen LogP contribution in [0.3, 0.4) is 0 Å². The van der Waals surface area contributed by atoms with Crippen molar-refractivity contribution in [2.45, 2.75) is 18.9 Å². The van der Waals surface area contributed by atoms with Crippen LogP contribution in [0.4, 0.5) is 0 Å². The number of hydrogen-bond donors (Lipinski definition) is 0. The number of carbonyl (C=O) groups is 1. The van der Waals surface area contributed by atoms with Crippen LogP contribution in [0, 0.1) is 0 Å². The number of likely N-dealkylation sites (tertiary alicyclic amines) is 1. The summed E-state index contributed by atoms with van der Waals surface area (Å²) in [5, 5.41) is 0. The van der Waals surface area contributed by atoms with Crippen LogP contribution in [0.25, 0.3) is 0 Å². The smallest absolute Gasteiger partial charge is 0.254 e. The molecule has 0 aliphatic carbocycles. The molecule has 0 spiro atoms.